The Labute approximate surface area is 126 Å². The highest BCUT2D eigenvalue weighted by molar-refractivity contribution is 6.30. The van der Waals surface area contributed by atoms with E-state index >= 15 is 0 Å². The maximum atomic E-state index is 13.5. The monoisotopic (exact) mass is 307 g/mol. The molecule has 110 valence electrons. The molecule has 1 aliphatic heterocycles. The van der Waals surface area contributed by atoms with Gasteiger partial charge in [0.2, 0.25) is 0 Å². The Balaban J connectivity index is 1.80. The molecule has 0 bridgehead atoms. The van der Waals surface area contributed by atoms with Crippen molar-refractivity contribution in [1.82, 2.24) is 14.9 Å². The molecule has 0 spiro atoms. The molecule has 0 saturated heterocycles. The SMILES string of the molecule is Cc1nc2c(c(=O)[nH]1)CN(Cc1ccc(Cl)c(F)c1)CC2. The lowest BCUT2D eigenvalue weighted by molar-refractivity contribution is 0.241. The second kappa shape index (κ2) is 5.58. The molecule has 0 amide bonds. The molecule has 0 fully saturated rings. The topological polar surface area (TPSA) is 49.0 Å². The summed E-state index contributed by atoms with van der Waals surface area (Å²) in [6.07, 6.45) is 0.732. The molecule has 21 heavy (non-hydrogen) atoms. The van der Waals surface area contributed by atoms with E-state index in [1.54, 1.807) is 19.1 Å². The Hall–Kier alpha value is -1.72. The predicted octanol–water partition coefficient (Wildman–Crippen LogP) is 2.43. The third-order valence-corrected chi connectivity index (χ3v) is 3.96. The van der Waals surface area contributed by atoms with E-state index in [0.717, 1.165) is 24.2 Å². The van der Waals surface area contributed by atoms with E-state index in [0.29, 0.717) is 24.5 Å². The molecule has 3 rings (SSSR count). The van der Waals surface area contributed by atoms with E-state index in [1.807, 2.05) is 0 Å². The van der Waals surface area contributed by atoms with Crippen molar-refractivity contribution in [3.05, 3.63) is 62.0 Å². The van der Waals surface area contributed by atoms with Gasteiger partial charge < -0.3 is 4.98 Å². The van der Waals surface area contributed by atoms with E-state index < -0.39 is 5.82 Å². The van der Waals surface area contributed by atoms with Crippen LogP contribution in [0.3, 0.4) is 0 Å². The first-order valence-electron chi connectivity index (χ1n) is 6.78. The summed E-state index contributed by atoms with van der Waals surface area (Å²) in [5.41, 5.74) is 2.34. The average molecular weight is 308 g/mol. The molecule has 0 atom stereocenters. The summed E-state index contributed by atoms with van der Waals surface area (Å²) in [5, 5.41) is 0.124. The van der Waals surface area contributed by atoms with Gasteiger partial charge in [0.15, 0.2) is 0 Å². The summed E-state index contributed by atoms with van der Waals surface area (Å²) in [7, 11) is 0. The molecule has 0 unspecified atom stereocenters. The fourth-order valence-electron chi connectivity index (χ4n) is 2.64. The highest BCUT2D eigenvalue weighted by atomic mass is 35.5. The van der Waals surface area contributed by atoms with Crippen LogP contribution in [0.5, 0.6) is 0 Å². The zero-order chi connectivity index (χ0) is 15.0. The fraction of sp³-hybridized carbons (Fsp3) is 0.333. The largest absolute Gasteiger partial charge is 0.310 e. The van der Waals surface area contributed by atoms with E-state index in [9.17, 15) is 9.18 Å². The lowest BCUT2D eigenvalue weighted by Crippen LogP contribution is -2.35. The van der Waals surface area contributed by atoms with Gasteiger partial charge in [0.1, 0.15) is 11.6 Å². The Bertz CT molecular complexity index is 744. The van der Waals surface area contributed by atoms with Gasteiger partial charge >= 0.3 is 0 Å². The van der Waals surface area contributed by atoms with Crippen LogP contribution in [0.15, 0.2) is 23.0 Å². The van der Waals surface area contributed by atoms with Gasteiger partial charge in [-0.05, 0) is 24.6 Å². The van der Waals surface area contributed by atoms with Crippen molar-refractivity contribution in [2.24, 2.45) is 0 Å². The van der Waals surface area contributed by atoms with Crippen LogP contribution in [0.25, 0.3) is 0 Å². The van der Waals surface area contributed by atoms with E-state index in [-0.39, 0.29) is 10.6 Å². The number of aryl methyl sites for hydroxylation is 1. The maximum absolute atomic E-state index is 13.5. The van der Waals surface area contributed by atoms with Crippen molar-refractivity contribution >= 4 is 11.6 Å². The van der Waals surface area contributed by atoms with Crippen LogP contribution < -0.4 is 5.56 Å². The van der Waals surface area contributed by atoms with Gasteiger partial charge in [-0.1, -0.05) is 17.7 Å². The molecule has 1 N–H and O–H groups in total. The quantitative estimate of drug-likeness (QED) is 0.927. The van der Waals surface area contributed by atoms with Gasteiger partial charge in [0.25, 0.3) is 5.56 Å². The summed E-state index contributed by atoms with van der Waals surface area (Å²) >= 11 is 5.68. The molecule has 0 radical (unpaired) electrons. The van der Waals surface area contributed by atoms with Crippen LogP contribution >= 0.6 is 11.6 Å². The second-order valence-corrected chi connectivity index (χ2v) is 5.69. The Morgan fingerprint density at radius 3 is 3.05 bits per heavy atom. The molecule has 1 aliphatic rings. The van der Waals surface area contributed by atoms with E-state index in [2.05, 4.69) is 14.9 Å². The summed E-state index contributed by atoms with van der Waals surface area (Å²) in [6, 6.07) is 4.80. The molecule has 6 heteroatoms. The highest BCUT2D eigenvalue weighted by Crippen LogP contribution is 2.19. The summed E-state index contributed by atoms with van der Waals surface area (Å²) in [6.45, 7) is 3.70. The number of nitrogens with zero attached hydrogens (tertiary/aromatic N) is 2. The van der Waals surface area contributed by atoms with Crippen molar-refractivity contribution in [3.63, 3.8) is 0 Å². The molecule has 2 heterocycles. The minimum atomic E-state index is -0.415. The van der Waals surface area contributed by atoms with Gasteiger partial charge in [0, 0.05) is 26.1 Å². The number of fused-ring (bicyclic) bond motifs is 1. The number of benzene rings is 1. The van der Waals surface area contributed by atoms with Gasteiger partial charge in [-0.15, -0.1) is 0 Å². The van der Waals surface area contributed by atoms with Gasteiger partial charge in [0.05, 0.1) is 16.3 Å². The van der Waals surface area contributed by atoms with Crippen molar-refractivity contribution in [2.45, 2.75) is 26.4 Å². The number of H-pyrrole nitrogens is 1. The molecule has 0 aliphatic carbocycles. The summed E-state index contributed by atoms with van der Waals surface area (Å²) in [5.74, 6) is 0.230. The van der Waals surface area contributed by atoms with E-state index in [4.69, 9.17) is 11.6 Å². The summed E-state index contributed by atoms with van der Waals surface area (Å²) in [4.78, 5) is 21.2. The van der Waals surface area contributed by atoms with Crippen LogP contribution in [-0.4, -0.2) is 21.4 Å². The standard InChI is InChI=1S/C15H15ClFN3O/c1-9-18-14-4-5-20(8-11(14)15(21)19-9)7-10-2-3-12(16)13(17)6-10/h2-3,6H,4-5,7-8H2,1H3,(H,18,19,21). The summed E-state index contributed by atoms with van der Waals surface area (Å²) < 4.78 is 13.5. The first-order chi connectivity index (χ1) is 10.0. The van der Waals surface area contributed by atoms with Crippen LogP contribution in [0.2, 0.25) is 5.02 Å². The van der Waals surface area contributed by atoms with Crippen molar-refractivity contribution < 1.29 is 4.39 Å². The van der Waals surface area contributed by atoms with Crippen LogP contribution in [0.4, 0.5) is 4.39 Å². The molecule has 4 nitrogen and oxygen atoms in total. The van der Waals surface area contributed by atoms with Crippen LogP contribution in [0, 0.1) is 12.7 Å². The number of rotatable bonds is 2. The Morgan fingerprint density at radius 1 is 1.48 bits per heavy atom. The maximum Gasteiger partial charge on any atom is 0.255 e. The lowest BCUT2D eigenvalue weighted by Gasteiger charge is -2.27. The zero-order valence-corrected chi connectivity index (χ0v) is 12.4. The van der Waals surface area contributed by atoms with Crippen LogP contribution in [0.1, 0.15) is 22.6 Å². The van der Waals surface area contributed by atoms with Gasteiger partial charge in [-0.3, -0.25) is 9.69 Å². The number of halogens is 2. The van der Waals surface area contributed by atoms with Crippen molar-refractivity contribution in [2.75, 3.05) is 6.54 Å². The van der Waals surface area contributed by atoms with Crippen LogP contribution in [-0.2, 0) is 19.5 Å². The minimum Gasteiger partial charge on any atom is -0.310 e. The third-order valence-electron chi connectivity index (χ3n) is 3.66. The normalized spacial score (nSPS) is 15.0. The van der Waals surface area contributed by atoms with Crippen molar-refractivity contribution in [3.8, 4) is 0 Å². The first kappa shape index (κ1) is 14.2. The molecule has 2 aromatic rings. The van der Waals surface area contributed by atoms with Crippen molar-refractivity contribution in [1.29, 1.82) is 0 Å². The highest BCUT2D eigenvalue weighted by Gasteiger charge is 2.20. The van der Waals surface area contributed by atoms with Gasteiger partial charge in [-0.25, -0.2) is 9.37 Å². The third kappa shape index (κ3) is 2.99. The predicted molar refractivity (Wildman–Crippen MR) is 78.8 cm³/mol. The second-order valence-electron chi connectivity index (χ2n) is 5.29. The Kier molecular flexibility index (Phi) is 3.78. The zero-order valence-electron chi connectivity index (χ0n) is 11.6. The number of hydrogen-bond acceptors (Lipinski definition) is 3. The smallest absolute Gasteiger partial charge is 0.255 e. The Morgan fingerprint density at radius 2 is 2.29 bits per heavy atom. The number of nitrogens with one attached hydrogen (secondary N) is 1. The lowest BCUT2D eigenvalue weighted by atomic mass is 10.1. The number of aromatic nitrogens is 2. The fourth-order valence-corrected chi connectivity index (χ4v) is 2.75. The van der Waals surface area contributed by atoms with Gasteiger partial charge in [-0.2, -0.15) is 0 Å². The molecular weight excluding hydrogens is 293 g/mol. The van der Waals surface area contributed by atoms with E-state index in [1.165, 1.54) is 6.07 Å². The molecular formula is C15H15ClFN3O. The average Bonchev–Trinajstić information content (AvgIpc) is 2.43. The molecule has 1 aromatic carbocycles. The number of aromatic amines is 1. The first-order valence-corrected chi connectivity index (χ1v) is 7.15. The number of hydrogen-bond donors (Lipinski definition) is 1. The molecule has 0 saturated carbocycles. The minimum absolute atomic E-state index is 0.0792. The molecule has 1 aromatic heterocycles.